The van der Waals surface area contributed by atoms with E-state index in [1.807, 2.05) is 29.2 Å². The molecule has 0 aromatic heterocycles. The van der Waals surface area contributed by atoms with Gasteiger partial charge in [-0.15, -0.1) is 0 Å². The molecule has 0 aliphatic carbocycles. The Bertz CT molecular complexity index is 487. The molecule has 1 aliphatic heterocycles. The summed E-state index contributed by atoms with van der Waals surface area (Å²) in [5.41, 5.74) is 1.10. The molecule has 0 spiro atoms. The number of hydrogen-bond acceptors (Lipinski definition) is 4. The predicted molar refractivity (Wildman–Crippen MR) is 94.4 cm³/mol. The van der Waals surface area contributed by atoms with E-state index in [2.05, 4.69) is 17.1 Å². The molecule has 2 rings (SSSR count). The fourth-order valence-electron chi connectivity index (χ4n) is 2.63. The number of nitrogens with zero attached hydrogens (tertiary/aromatic N) is 2. The summed E-state index contributed by atoms with van der Waals surface area (Å²) in [5, 5.41) is 2.98. The standard InChI is InChI=1S/C18H29N3O3/c1-3-8-19-18(22)21(10-9-20-11-13-24-14-12-20)15-16-4-6-17(23-2)7-5-16/h4-7H,3,8-15H2,1-2H3,(H,19,22). The largest absolute Gasteiger partial charge is 0.497 e. The summed E-state index contributed by atoms with van der Waals surface area (Å²) in [7, 11) is 1.65. The fraction of sp³-hybridized carbons (Fsp3) is 0.611. The van der Waals surface area contributed by atoms with Crippen LogP contribution in [0.25, 0.3) is 0 Å². The van der Waals surface area contributed by atoms with Crippen LogP contribution in [0.4, 0.5) is 4.79 Å². The molecule has 1 aromatic rings. The summed E-state index contributed by atoms with van der Waals surface area (Å²) in [6.07, 6.45) is 0.936. The van der Waals surface area contributed by atoms with Crippen molar-refractivity contribution in [3.63, 3.8) is 0 Å². The first-order valence-corrected chi connectivity index (χ1v) is 8.68. The summed E-state index contributed by atoms with van der Waals surface area (Å²) in [5.74, 6) is 0.828. The third-order valence-corrected chi connectivity index (χ3v) is 4.14. The SMILES string of the molecule is CCCNC(=O)N(CCN1CCOCC1)Cc1ccc(OC)cc1. The topological polar surface area (TPSA) is 54.0 Å². The average Bonchev–Trinajstić information content (AvgIpc) is 2.64. The van der Waals surface area contributed by atoms with E-state index < -0.39 is 0 Å². The second kappa shape index (κ2) is 10.2. The summed E-state index contributed by atoms with van der Waals surface area (Å²) in [6.45, 7) is 8.38. The molecule has 1 fully saturated rings. The number of ether oxygens (including phenoxy) is 2. The number of carbonyl (C=O) groups excluding carboxylic acids is 1. The number of nitrogens with one attached hydrogen (secondary N) is 1. The maximum atomic E-state index is 12.4. The first-order valence-electron chi connectivity index (χ1n) is 8.68. The average molecular weight is 335 g/mol. The Morgan fingerprint density at radius 3 is 2.62 bits per heavy atom. The van der Waals surface area contributed by atoms with Crippen LogP contribution in [0.2, 0.25) is 0 Å². The molecular formula is C18H29N3O3. The summed E-state index contributed by atoms with van der Waals surface area (Å²) in [6, 6.07) is 7.88. The number of morpholine rings is 1. The highest BCUT2D eigenvalue weighted by Crippen LogP contribution is 2.13. The minimum absolute atomic E-state index is 0.000859. The molecule has 0 saturated carbocycles. The van der Waals surface area contributed by atoms with Crippen LogP contribution >= 0.6 is 0 Å². The number of carbonyl (C=O) groups is 1. The van der Waals surface area contributed by atoms with Crippen LogP contribution in [-0.2, 0) is 11.3 Å². The van der Waals surface area contributed by atoms with Gasteiger partial charge < -0.3 is 19.7 Å². The molecule has 1 saturated heterocycles. The summed E-state index contributed by atoms with van der Waals surface area (Å²) >= 11 is 0. The van der Waals surface area contributed by atoms with Gasteiger partial charge in [0.15, 0.2) is 0 Å². The Balaban J connectivity index is 1.93. The first kappa shape index (κ1) is 18.5. The van der Waals surface area contributed by atoms with Crippen LogP contribution in [0, 0.1) is 0 Å². The lowest BCUT2D eigenvalue weighted by molar-refractivity contribution is 0.0346. The number of rotatable bonds is 8. The van der Waals surface area contributed by atoms with Crippen molar-refractivity contribution in [3.8, 4) is 5.75 Å². The third-order valence-electron chi connectivity index (χ3n) is 4.14. The fourth-order valence-corrected chi connectivity index (χ4v) is 2.63. The number of urea groups is 1. The van der Waals surface area contributed by atoms with Crippen molar-refractivity contribution in [3.05, 3.63) is 29.8 Å². The van der Waals surface area contributed by atoms with E-state index in [9.17, 15) is 4.79 Å². The van der Waals surface area contributed by atoms with Crippen LogP contribution in [0.1, 0.15) is 18.9 Å². The number of benzene rings is 1. The summed E-state index contributed by atoms with van der Waals surface area (Å²) in [4.78, 5) is 16.7. The molecule has 0 atom stereocenters. The van der Waals surface area contributed by atoms with Crippen molar-refractivity contribution in [2.45, 2.75) is 19.9 Å². The molecule has 1 aliphatic rings. The van der Waals surface area contributed by atoms with Gasteiger partial charge >= 0.3 is 6.03 Å². The van der Waals surface area contributed by atoms with Crippen LogP contribution in [-0.4, -0.2) is 68.9 Å². The van der Waals surface area contributed by atoms with Gasteiger partial charge in [0.25, 0.3) is 0 Å². The van der Waals surface area contributed by atoms with Crippen molar-refractivity contribution in [1.29, 1.82) is 0 Å². The monoisotopic (exact) mass is 335 g/mol. The molecule has 0 radical (unpaired) electrons. The van der Waals surface area contributed by atoms with Crippen molar-refractivity contribution >= 4 is 6.03 Å². The molecule has 1 N–H and O–H groups in total. The number of hydrogen-bond donors (Lipinski definition) is 1. The number of amides is 2. The molecular weight excluding hydrogens is 306 g/mol. The van der Waals surface area contributed by atoms with Gasteiger partial charge in [0.2, 0.25) is 0 Å². The van der Waals surface area contributed by atoms with Gasteiger partial charge in [0.1, 0.15) is 5.75 Å². The highest BCUT2D eigenvalue weighted by Gasteiger charge is 2.16. The normalized spacial score (nSPS) is 15.1. The second-order valence-corrected chi connectivity index (χ2v) is 5.96. The Labute approximate surface area is 144 Å². The van der Waals surface area contributed by atoms with Gasteiger partial charge in [-0.25, -0.2) is 4.79 Å². The summed E-state index contributed by atoms with van der Waals surface area (Å²) < 4.78 is 10.6. The quantitative estimate of drug-likeness (QED) is 0.789. The molecule has 1 aromatic carbocycles. The molecule has 24 heavy (non-hydrogen) atoms. The maximum absolute atomic E-state index is 12.4. The van der Waals surface area contributed by atoms with E-state index in [4.69, 9.17) is 9.47 Å². The molecule has 134 valence electrons. The van der Waals surface area contributed by atoms with Gasteiger partial charge in [0.05, 0.1) is 20.3 Å². The van der Waals surface area contributed by atoms with E-state index in [1.165, 1.54) is 0 Å². The van der Waals surface area contributed by atoms with E-state index in [0.29, 0.717) is 19.6 Å². The van der Waals surface area contributed by atoms with E-state index in [-0.39, 0.29) is 6.03 Å². The minimum atomic E-state index is 0.000859. The Kier molecular flexibility index (Phi) is 7.85. The molecule has 2 amide bonds. The van der Waals surface area contributed by atoms with Gasteiger partial charge in [-0.1, -0.05) is 19.1 Å². The van der Waals surface area contributed by atoms with Gasteiger partial charge in [-0.2, -0.15) is 0 Å². The van der Waals surface area contributed by atoms with Crippen LogP contribution in [0.5, 0.6) is 5.75 Å². The third kappa shape index (κ3) is 6.02. The lowest BCUT2D eigenvalue weighted by Gasteiger charge is -2.30. The van der Waals surface area contributed by atoms with E-state index >= 15 is 0 Å². The van der Waals surface area contributed by atoms with Gasteiger partial charge in [-0.05, 0) is 24.1 Å². The van der Waals surface area contributed by atoms with E-state index in [0.717, 1.165) is 50.6 Å². The Morgan fingerprint density at radius 2 is 2.00 bits per heavy atom. The lowest BCUT2D eigenvalue weighted by atomic mass is 10.2. The van der Waals surface area contributed by atoms with Crippen LogP contribution in [0.3, 0.4) is 0 Å². The smallest absolute Gasteiger partial charge is 0.317 e. The zero-order valence-electron chi connectivity index (χ0n) is 14.8. The van der Waals surface area contributed by atoms with Crippen LogP contribution < -0.4 is 10.1 Å². The zero-order chi connectivity index (χ0) is 17.2. The van der Waals surface area contributed by atoms with Crippen molar-refractivity contribution < 1.29 is 14.3 Å². The molecule has 6 heteroatoms. The molecule has 0 bridgehead atoms. The van der Waals surface area contributed by atoms with E-state index in [1.54, 1.807) is 7.11 Å². The zero-order valence-corrected chi connectivity index (χ0v) is 14.8. The lowest BCUT2D eigenvalue weighted by Crippen LogP contribution is -2.46. The molecule has 6 nitrogen and oxygen atoms in total. The Hall–Kier alpha value is -1.79. The van der Waals surface area contributed by atoms with Crippen molar-refractivity contribution in [2.75, 3.05) is 53.0 Å². The van der Waals surface area contributed by atoms with Crippen molar-refractivity contribution in [1.82, 2.24) is 15.1 Å². The Morgan fingerprint density at radius 1 is 1.29 bits per heavy atom. The predicted octanol–water partition coefficient (Wildman–Crippen LogP) is 1.95. The van der Waals surface area contributed by atoms with Crippen LogP contribution in [0.15, 0.2) is 24.3 Å². The van der Waals surface area contributed by atoms with Gasteiger partial charge in [0, 0.05) is 39.3 Å². The molecule has 1 heterocycles. The van der Waals surface area contributed by atoms with Crippen molar-refractivity contribution in [2.24, 2.45) is 0 Å². The molecule has 0 unspecified atom stereocenters. The highest BCUT2D eigenvalue weighted by atomic mass is 16.5. The number of methoxy groups -OCH3 is 1. The van der Waals surface area contributed by atoms with Gasteiger partial charge in [-0.3, -0.25) is 4.90 Å². The highest BCUT2D eigenvalue weighted by molar-refractivity contribution is 5.74. The second-order valence-electron chi connectivity index (χ2n) is 5.96. The first-order chi connectivity index (χ1) is 11.7. The maximum Gasteiger partial charge on any atom is 0.317 e. The minimum Gasteiger partial charge on any atom is -0.497 e.